The van der Waals surface area contributed by atoms with Gasteiger partial charge in [0.05, 0.1) is 6.10 Å². The molecule has 4 aliphatic carbocycles. The van der Waals surface area contributed by atoms with E-state index >= 15 is 0 Å². The molecule has 0 aliphatic heterocycles. The summed E-state index contributed by atoms with van der Waals surface area (Å²) in [5.74, 6) is 2.75. The van der Waals surface area contributed by atoms with Gasteiger partial charge in [-0.2, -0.15) is 0 Å². The Hall–Kier alpha value is -0.410. The van der Waals surface area contributed by atoms with Gasteiger partial charge in [0.2, 0.25) is 0 Å². The molecule has 130 valence electrons. The van der Waals surface area contributed by atoms with Gasteiger partial charge in [-0.25, -0.2) is 0 Å². The molecule has 2 N–H and O–H groups in total. The second-order valence-corrected chi connectivity index (χ2v) is 9.46. The van der Waals surface area contributed by atoms with E-state index in [0.29, 0.717) is 35.9 Å². The van der Waals surface area contributed by atoms with E-state index in [1.165, 1.54) is 6.42 Å². The van der Waals surface area contributed by atoms with Crippen LogP contribution in [0.1, 0.15) is 65.2 Å². The van der Waals surface area contributed by atoms with Crippen molar-refractivity contribution in [1.82, 2.24) is 0 Å². The summed E-state index contributed by atoms with van der Waals surface area (Å²) in [6.07, 6.45) is 8.07. The summed E-state index contributed by atoms with van der Waals surface area (Å²) >= 11 is 0. The number of aliphatic hydroxyl groups excluding tert-OH is 2. The molecule has 0 aromatic rings. The van der Waals surface area contributed by atoms with Gasteiger partial charge in [0, 0.05) is 24.4 Å². The highest BCUT2D eigenvalue weighted by Gasteiger charge is 2.61. The van der Waals surface area contributed by atoms with Crippen molar-refractivity contribution >= 4 is 5.78 Å². The maximum absolute atomic E-state index is 12.2. The Kier molecular flexibility index (Phi) is 3.70. The molecule has 4 rings (SSSR count). The molecule has 3 heteroatoms. The molecule has 0 radical (unpaired) electrons. The van der Waals surface area contributed by atoms with Crippen LogP contribution in [0.25, 0.3) is 0 Å². The van der Waals surface area contributed by atoms with E-state index in [-0.39, 0.29) is 29.5 Å². The zero-order valence-corrected chi connectivity index (χ0v) is 14.6. The summed E-state index contributed by atoms with van der Waals surface area (Å²) in [5, 5.41) is 20.9. The minimum absolute atomic E-state index is 0.0227. The standard InChI is InChI=1S/C20H32O3/c1-12-10-20(11-21)13(9-17(12)22)3-4-14-15-5-6-18(23)19(15,2)8-7-16(14)20/h12-16,18,21,23H,3-11H2,1-2H3/t12-,13-,14+,15+,16+,18+,19+,20-/m1/s1. The molecule has 23 heavy (non-hydrogen) atoms. The maximum Gasteiger partial charge on any atom is 0.136 e. The minimum atomic E-state index is -0.136. The molecule has 0 unspecified atom stereocenters. The lowest BCUT2D eigenvalue weighted by Gasteiger charge is -2.61. The summed E-state index contributed by atoms with van der Waals surface area (Å²) in [6.45, 7) is 4.62. The fraction of sp³-hybridized carbons (Fsp3) is 0.950. The van der Waals surface area contributed by atoms with Gasteiger partial charge in [0.1, 0.15) is 5.78 Å². The number of fused-ring (bicyclic) bond motifs is 5. The van der Waals surface area contributed by atoms with Crippen molar-refractivity contribution in [3.8, 4) is 0 Å². The molecular formula is C20H32O3. The van der Waals surface area contributed by atoms with Crippen molar-refractivity contribution in [3.05, 3.63) is 0 Å². The number of ketones is 1. The van der Waals surface area contributed by atoms with Gasteiger partial charge in [0.15, 0.2) is 0 Å². The fourth-order valence-electron chi connectivity index (χ4n) is 7.42. The second-order valence-electron chi connectivity index (χ2n) is 9.46. The number of aliphatic hydroxyl groups is 2. The largest absolute Gasteiger partial charge is 0.396 e. The van der Waals surface area contributed by atoms with E-state index in [1.54, 1.807) is 0 Å². The molecule has 0 bridgehead atoms. The van der Waals surface area contributed by atoms with Crippen molar-refractivity contribution < 1.29 is 15.0 Å². The molecule has 4 aliphatic rings. The van der Waals surface area contributed by atoms with E-state index in [9.17, 15) is 15.0 Å². The molecule has 0 amide bonds. The van der Waals surface area contributed by atoms with E-state index in [4.69, 9.17) is 0 Å². The molecule has 0 spiro atoms. The molecule has 0 heterocycles. The molecule has 3 nitrogen and oxygen atoms in total. The van der Waals surface area contributed by atoms with E-state index in [2.05, 4.69) is 13.8 Å². The molecule has 0 aromatic heterocycles. The number of carbonyl (C=O) groups is 1. The third-order valence-electron chi connectivity index (χ3n) is 8.76. The summed E-state index contributed by atoms with van der Waals surface area (Å²) < 4.78 is 0. The van der Waals surface area contributed by atoms with Crippen LogP contribution in [0.2, 0.25) is 0 Å². The highest BCUT2D eigenvalue weighted by atomic mass is 16.3. The first kappa shape index (κ1) is 16.1. The van der Waals surface area contributed by atoms with Crippen molar-refractivity contribution in [2.45, 2.75) is 71.3 Å². The average Bonchev–Trinajstić information content (AvgIpc) is 2.84. The maximum atomic E-state index is 12.2. The van der Waals surface area contributed by atoms with E-state index in [0.717, 1.165) is 38.5 Å². The molecule has 4 fully saturated rings. The van der Waals surface area contributed by atoms with Gasteiger partial charge in [-0.05, 0) is 74.0 Å². The molecule has 4 saturated carbocycles. The summed E-state index contributed by atoms with van der Waals surface area (Å²) in [7, 11) is 0. The average molecular weight is 320 g/mol. The van der Waals surface area contributed by atoms with Crippen molar-refractivity contribution in [1.29, 1.82) is 0 Å². The van der Waals surface area contributed by atoms with Gasteiger partial charge < -0.3 is 10.2 Å². The fourth-order valence-corrected chi connectivity index (χ4v) is 7.42. The quantitative estimate of drug-likeness (QED) is 0.780. The smallest absolute Gasteiger partial charge is 0.136 e. The Bertz CT molecular complexity index is 503. The summed E-state index contributed by atoms with van der Waals surface area (Å²) in [5.41, 5.74) is 0.0753. The predicted octanol–water partition coefficient (Wildman–Crippen LogP) is 3.18. The first-order valence-corrected chi connectivity index (χ1v) is 9.74. The van der Waals surface area contributed by atoms with Crippen LogP contribution in [0.4, 0.5) is 0 Å². The van der Waals surface area contributed by atoms with Gasteiger partial charge in [-0.3, -0.25) is 4.79 Å². The third kappa shape index (κ3) is 2.05. The lowest BCUT2D eigenvalue weighted by atomic mass is 9.44. The number of rotatable bonds is 1. The summed E-state index contributed by atoms with van der Waals surface area (Å²) in [6, 6.07) is 0. The third-order valence-corrected chi connectivity index (χ3v) is 8.76. The molecular weight excluding hydrogens is 288 g/mol. The topological polar surface area (TPSA) is 57.5 Å². The minimum Gasteiger partial charge on any atom is -0.396 e. The monoisotopic (exact) mass is 320 g/mol. The van der Waals surface area contributed by atoms with Crippen molar-refractivity contribution in [3.63, 3.8) is 0 Å². The summed E-state index contributed by atoms with van der Waals surface area (Å²) in [4.78, 5) is 12.2. The van der Waals surface area contributed by atoms with Crippen LogP contribution in [0.5, 0.6) is 0 Å². The van der Waals surface area contributed by atoms with Crippen LogP contribution in [0.3, 0.4) is 0 Å². The lowest BCUT2D eigenvalue weighted by Crippen LogP contribution is -2.57. The van der Waals surface area contributed by atoms with Crippen LogP contribution in [0.15, 0.2) is 0 Å². The van der Waals surface area contributed by atoms with E-state index < -0.39 is 0 Å². The Morgan fingerprint density at radius 1 is 1.13 bits per heavy atom. The zero-order chi connectivity index (χ0) is 16.4. The lowest BCUT2D eigenvalue weighted by molar-refractivity contribution is -0.162. The normalized spacial score (nSPS) is 55.9. The van der Waals surface area contributed by atoms with Gasteiger partial charge in [0.25, 0.3) is 0 Å². The second kappa shape index (κ2) is 5.29. The molecule has 0 saturated heterocycles. The van der Waals surface area contributed by atoms with E-state index in [1.807, 2.05) is 0 Å². The Morgan fingerprint density at radius 2 is 1.91 bits per heavy atom. The highest BCUT2D eigenvalue weighted by molar-refractivity contribution is 5.82. The molecule has 0 aromatic carbocycles. The first-order valence-electron chi connectivity index (χ1n) is 9.74. The number of hydrogen-bond acceptors (Lipinski definition) is 3. The van der Waals surface area contributed by atoms with Gasteiger partial charge >= 0.3 is 0 Å². The van der Waals surface area contributed by atoms with Crippen LogP contribution in [-0.4, -0.2) is 28.7 Å². The highest BCUT2D eigenvalue weighted by Crippen LogP contribution is 2.66. The zero-order valence-electron chi connectivity index (χ0n) is 14.6. The number of carbonyl (C=O) groups excluding carboxylic acids is 1. The van der Waals surface area contributed by atoms with Crippen LogP contribution >= 0.6 is 0 Å². The first-order chi connectivity index (χ1) is 10.9. The van der Waals surface area contributed by atoms with Crippen LogP contribution in [-0.2, 0) is 4.79 Å². The Balaban J connectivity index is 1.68. The number of hydrogen-bond donors (Lipinski definition) is 2. The predicted molar refractivity (Wildman–Crippen MR) is 88.7 cm³/mol. The molecule has 8 atom stereocenters. The van der Waals surface area contributed by atoms with Crippen molar-refractivity contribution in [2.24, 2.45) is 40.4 Å². The number of Topliss-reactive ketones (excluding diaryl/α,β-unsaturated/α-hetero) is 1. The SMILES string of the molecule is C[C@@H]1C[C@@]2(CO)[C@H](CC[C@H]3[C@@H]4CC[C@H](O)[C@@]4(C)CC[C@@H]32)CC1=O. The Morgan fingerprint density at radius 3 is 2.65 bits per heavy atom. The van der Waals surface area contributed by atoms with Gasteiger partial charge in [-0.15, -0.1) is 0 Å². The van der Waals surface area contributed by atoms with Crippen LogP contribution < -0.4 is 0 Å². The van der Waals surface area contributed by atoms with Crippen LogP contribution in [0, 0.1) is 40.4 Å². The van der Waals surface area contributed by atoms with Crippen molar-refractivity contribution in [2.75, 3.05) is 6.61 Å². The Labute approximate surface area is 139 Å². The van der Waals surface area contributed by atoms with Gasteiger partial charge in [-0.1, -0.05) is 13.8 Å².